The normalized spacial score (nSPS) is 10.3. The molecule has 126 valence electrons. The summed E-state index contributed by atoms with van der Waals surface area (Å²) in [6.07, 6.45) is 0. The first-order valence-electron chi connectivity index (χ1n) is 7.14. The van der Waals surface area contributed by atoms with Crippen LogP contribution < -0.4 is 0 Å². The van der Waals surface area contributed by atoms with E-state index in [1.54, 1.807) is 13.8 Å². The molecule has 2 aromatic rings. The van der Waals surface area contributed by atoms with Crippen molar-refractivity contribution in [3.05, 3.63) is 46.5 Å². The second kappa shape index (κ2) is 6.62. The van der Waals surface area contributed by atoms with Gasteiger partial charge in [0.05, 0.1) is 25.3 Å². The predicted molar refractivity (Wildman–Crippen MR) is 87.4 cm³/mol. The molecule has 6 heteroatoms. The minimum absolute atomic E-state index is 0.0978. The maximum Gasteiger partial charge on any atom is 0.337 e. The zero-order valence-corrected chi connectivity index (χ0v) is 13.8. The molecule has 0 spiro atoms. The summed E-state index contributed by atoms with van der Waals surface area (Å²) in [7, 11) is 2.51. The minimum atomic E-state index is -0.570. The second-order valence-corrected chi connectivity index (χ2v) is 5.36. The maximum atomic E-state index is 11.8. The van der Waals surface area contributed by atoms with Gasteiger partial charge in [0.25, 0.3) is 0 Å². The van der Waals surface area contributed by atoms with E-state index < -0.39 is 11.9 Å². The molecule has 0 saturated heterocycles. The third-order valence-electron chi connectivity index (χ3n) is 3.73. The van der Waals surface area contributed by atoms with Crippen LogP contribution in [-0.2, 0) is 9.47 Å². The van der Waals surface area contributed by atoms with Gasteiger partial charge in [-0.1, -0.05) is 0 Å². The highest BCUT2D eigenvalue weighted by Crippen LogP contribution is 2.40. The standard InChI is InChI=1S/C18H18O6/c1-9-5-11(17(21)23-3)7-13(15(9)19)14-8-12(18(22)24-4)6-10(2)16(14)20/h5-8,19-20H,1-4H3. The number of methoxy groups -OCH3 is 2. The summed E-state index contributed by atoms with van der Waals surface area (Å²) in [5, 5.41) is 20.7. The van der Waals surface area contributed by atoms with Crippen molar-refractivity contribution in [1.82, 2.24) is 0 Å². The van der Waals surface area contributed by atoms with Crippen molar-refractivity contribution in [2.24, 2.45) is 0 Å². The molecule has 2 N–H and O–H groups in total. The van der Waals surface area contributed by atoms with E-state index in [1.165, 1.54) is 38.5 Å². The largest absolute Gasteiger partial charge is 0.507 e. The van der Waals surface area contributed by atoms with Gasteiger partial charge in [0.1, 0.15) is 11.5 Å². The molecular formula is C18H18O6. The van der Waals surface area contributed by atoms with E-state index in [4.69, 9.17) is 9.47 Å². The monoisotopic (exact) mass is 330 g/mol. The topological polar surface area (TPSA) is 93.1 Å². The van der Waals surface area contributed by atoms with Crippen molar-refractivity contribution in [1.29, 1.82) is 0 Å². The van der Waals surface area contributed by atoms with Gasteiger partial charge in [0, 0.05) is 11.1 Å². The van der Waals surface area contributed by atoms with Crippen LogP contribution in [0.25, 0.3) is 11.1 Å². The Morgan fingerprint density at radius 3 is 1.38 bits per heavy atom. The smallest absolute Gasteiger partial charge is 0.337 e. The highest BCUT2D eigenvalue weighted by molar-refractivity contribution is 5.95. The van der Waals surface area contributed by atoms with Crippen LogP contribution >= 0.6 is 0 Å². The Morgan fingerprint density at radius 2 is 1.08 bits per heavy atom. The Morgan fingerprint density at radius 1 is 0.750 bits per heavy atom. The summed E-state index contributed by atoms with van der Waals surface area (Å²) in [6, 6.07) is 5.78. The highest BCUT2D eigenvalue weighted by atomic mass is 16.5. The SMILES string of the molecule is COC(=O)c1cc(C)c(O)c(-c2cc(C(=O)OC)cc(C)c2O)c1. The Kier molecular flexibility index (Phi) is 4.78. The molecule has 0 amide bonds. The fourth-order valence-corrected chi connectivity index (χ4v) is 2.44. The van der Waals surface area contributed by atoms with Crippen molar-refractivity contribution in [3.63, 3.8) is 0 Å². The summed E-state index contributed by atoms with van der Waals surface area (Å²) in [4.78, 5) is 23.6. The zero-order chi connectivity index (χ0) is 18.0. The third kappa shape index (κ3) is 3.03. The Hall–Kier alpha value is -3.02. The third-order valence-corrected chi connectivity index (χ3v) is 3.73. The van der Waals surface area contributed by atoms with Crippen LogP contribution in [0.3, 0.4) is 0 Å². The number of phenols is 2. The summed E-state index contributed by atoms with van der Waals surface area (Å²) in [5.74, 6) is -1.34. The van der Waals surface area contributed by atoms with E-state index in [9.17, 15) is 19.8 Å². The Bertz CT molecular complexity index is 753. The van der Waals surface area contributed by atoms with Crippen molar-refractivity contribution in [3.8, 4) is 22.6 Å². The Labute approximate surface area is 139 Å². The average molecular weight is 330 g/mol. The molecule has 0 aromatic heterocycles. The first kappa shape index (κ1) is 17.3. The van der Waals surface area contributed by atoms with E-state index in [0.29, 0.717) is 11.1 Å². The van der Waals surface area contributed by atoms with Gasteiger partial charge in [-0.15, -0.1) is 0 Å². The summed E-state index contributed by atoms with van der Waals surface area (Å²) < 4.78 is 9.40. The molecule has 0 fully saturated rings. The molecule has 2 rings (SSSR count). The lowest BCUT2D eigenvalue weighted by Crippen LogP contribution is -2.04. The molecule has 0 radical (unpaired) electrons. The molecule has 2 aromatic carbocycles. The lowest BCUT2D eigenvalue weighted by molar-refractivity contribution is 0.0591. The molecule has 0 heterocycles. The molecule has 0 aliphatic carbocycles. The number of benzene rings is 2. The molecule has 6 nitrogen and oxygen atoms in total. The van der Waals surface area contributed by atoms with Gasteiger partial charge in [-0.25, -0.2) is 9.59 Å². The molecular weight excluding hydrogens is 312 g/mol. The number of aromatic hydroxyl groups is 2. The average Bonchev–Trinajstić information content (AvgIpc) is 2.58. The molecule has 0 bridgehead atoms. The number of ether oxygens (including phenoxy) is 2. The van der Waals surface area contributed by atoms with Gasteiger partial charge in [-0.05, 0) is 49.2 Å². The van der Waals surface area contributed by atoms with E-state index in [-0.39, 0.29) is 33.8 Å². The second-order valence-electron chi connectivity index (χ2n) is 5.36. The van der Waals surface area contributed by atoms with E-state index >= 15 is 0 Å². The number of carbonyl (C=O) groups is 2. The quantitative estimate of drug-likeness (QED) is 0.841. The molecule has 0 aliphatic rings. The summed E-state index contributed by atoms with van der Waals surface area (Å²) in [5.41, 5.74) is 1.78. The predicted octanol–water partition coefficient (Wildman–Crippen LogP) is 2.95. The van der Waals surface area contributed by atoms with Crippen LogP contribution in [0.4, 0.5) is 0 Å². The van der Waals surface area contributed by atoms with Gasteiger partial charge in [-0.2, -0.15) is 0 Å². The number of phenolic OH excluding ortho intramolecular Hbond substituents is 2. The minimum Gasteiger partial charge on any atom is -0.507 e. The first-order chi connectivity index (χ1) is 11.3. The number of rotatable bonds is 3. The van der Waals surface area contributed by atoms with E-state index in [2.05, 4.69) is 0 Å². The van der Waals surface area contributed by atoms with Crippen LogP contribution in [0.15, 0.2) is 24.3 Å². The molecule has 0 saturated carbocycles. The van der Waals surface area contributed by atoms with Crippen LogP contribution in [0.1, 0.15) is 31.8 Å². The van der Waals surface area contributed by atoms with Gasteiger partial charge < -0.3 is 19.7 Å². The van der Waals surface area contributed by atoms with Gasteiger partial charge in [0.15, 0.2) is 0 Å². The molecule has 0 aliphatic heterocycles. The maximum absolute atomic E-state index is 11.8. The van der Waals surface area contributed by atoms with Crippen molar-refractivity contribution >= 4 is 11.9 Å². The van der Waals surface area contributed by atoms with E-state index in [0.717, 1.165) is 0 Å². The van der Waals surface area contributed by atoms with Gasteiger partial charge in [0.2, 0.25) is 0 Å². The van der Waals surface area contributed by atoms with Crippen molar-refractivity contribution in [2.45, 2.75) is 13.8 Å². The van der Waals surface area contributed by atoms with E-state index in [1.807, 2.05) is 0 Å². The fourth-order valence-electron chi connectivity index (χ4n) is 2.44. The molecule has 0 atom stereocenters. The number of hydrogen-bond donors (Lipinski definition) is 2. The van der Waals surface area contributed by atoms with Crippen molar-refractivity contribution in [2.75, 3.05) is 14.2 Å². The lowest BCUT2D eigenvalue weighted by Gasteiger charge is -2.14. The van der Waals surface area contributed by atoms with Crippen LogP contribution in [0.5, 0.6) is 11.5 Å². The van der Waals surface area contributed by atoms with Crippen LogP contribution in [-0.4, -0.2) is 36.4 Å². The number of aryl methyl sites for hydroxylation is 2. The number of hydrogen-bond acceptors (Lipinski definition) is 6. The fraction of sp³-hybridized carbons (Fsp3) is 0.222. The van der Waals surface area contributed by atoms with Crippen LogP contribution in [0.2, 0.25) is 0 Å². The lowest BCUT2D eigenvalue weighted by atomic mass is 9.94. The zero-order valence-electron chi connectivity index (χ0n) is 13.8. The number of esters is 2. The summed E-state index contributed by atoms with van der Waals surface area (Å²) in [6.45, 7) is 3.25. The molecule has 24 heavy (non-hydrogen) atoms. The van der Waals surface area contributed by atoms with Gasteiger partial charge in [-0.3, -0.25) is 0 Å². The molecule has 0 unspecified atom stereocenters. The Balaban J connectivity index is 2.75. The summed E-state index contributed by atoms with van der Waals surface area (Å²) >= 11 is 0. The van der Waals surface area contributed by atoms with Gasteiger partial charge >= 0.3 is 11.9 Å². The van der Waals surface area contributed by atoms with Crippen LogP contribution in [0, 0.1) is 13.8 Å². The number of carbonyl (C=O) groups excluding carboxylic acids is 2. The van der Waals surface area contributed by atoms with Crippen molar-refractivity contribution < 1.29 is 29.3 Å². The highest BCUT2D eigenvalue weighted by Gasteiger charge is 2.19. The first-order valence-corrected chi connectivity index (χ1v) is 7.14.